The minimum atomic E-state index is 0.164. The molecule has 4 heteroatoms. The number of H-pyrrole nitrogens is 2. The number of hydrogen-bond acceptors (Lipinski definition) is 2. The Morgan fingerprint density at radius 2 is 2.18 bits per heavy atom. The van der Waals surface area contributed by atoms with Crippen LogP contribution in [0.5, 0.6) is 0 Å². The minimum absolute atomic E-state index is 0.164. The quantitative estimate of drug-likeness (QED) is 0.832. The molecule has 0 aromatic carbocycles. The maximum absolute atomic E-state index is 4.24. The van der Waals surface area contributed by atoms with E-state index < -0.39 is 0 Å². The highest BCUT2D eigenvalue weighted by Crippen LogP contribution is 2.31. The Morgan fingerprint density at radius 3 is 2.76 bits per heavy atom. The van der Waals surface area contributed by atoms with Crippen molar-refractivity contribution in [3.05, 3.63) is 35.9 Å². The lowest BCUT2D eigenvalue weighted by atomic mass is 9.80. The van der Waals surface area contributed by atoms with E-state index in [0.29, 0.717) is 5.92 Å². The molecule has 0 radical (unpaired) electrons. The Hall–Kier alpha value is -1.58. The van der Waals surface area contributed by atoms with Crippen molar-refractivity contribution in [2.24, 2.45) is 0 Å². The van der Waals surface area contributed by atoms with E-state index in [9.17, 15) is 0 Å². The molecule has 0 saturated carbocycles. The summed E-state index contributed by atoms with van der Waals surface area (Å²) in [5.41, 5.74) is 2.58. The maximum atomic E-state index is 4.24. The van der Waals surface area contributed by atoms with Crippen LogP contribution in [0.15, 0.2) is 24.7 Å². The maximum Gasteiger partial charge on any atom is 0.0650 e. The van der Waals surface area contributed by atoms with Crippen molar-refractivity contribution in [1.29, 1.82) is 0 Å². The summed E-state index contributed by atoms with van der Waals surface area (Å²) in [7, 11) is 0. The third-order valence-electron chi connectivity index (χ3n) is 3.51. The molecule has 2 rings (SSSR count). The molecule has 0 saturated heterocycles. The SMILES string of the molecule is CC(CCC(C)(C)c1cn[nH]c1)c1cc[nH]n1. The van der Waals surface area contributed by atoms with Crippen LogP contribution in [-0.2, 0) is 5.41 Å². The fraction of sp³-hybridized carbons (Fsp3) is 0.538. The van der Waals surface area contributed by atoms with E-state index in [1.54, 1.807) is 0 Å². The molecule has 0 aliphatic rings. The number of rotatable bonds is 5. The smallest absolute Gasteiger partial charge is 0.0650 e. The molecule has 4 nitrogen and oxygen atoms in total. The highest BCUT2D eigenvalue weighted by molar-refractivity contribution is 5.16. The highest BCUT2D eigenvalue weighted by Gasteiger charge is 2.22. The van der Waals surface area contributed by atoms with E-state index in [-0.39, 0.29) is 5.41 Å². The fourth-order valence-corrected chi connectivity index (χ4v) is 2.04. The van der Waals surface area contributed by atoms with Gasteiger partial charge in [-0.2, -0.15) is 10.2 Å². The molecule has 1 atom stereocenters. The second-order valence-corrected chi connectivity index (χ2v) is 5.31. The summed E-state index contributed by atoms with van der Waals surface area (Å²) in [5, 5.41) is 14.0. The molecule has 2 heterocycles. The van der Waals surface area contributed by atoms with E-state index in [1.165, 1.54) is 5.56 Å². The van der Waals surface area contributed by atoms with Gasteiger partial charge in [0.15, 0.2) is 0 Å². The molecule has 0 amide bonds. The Bertz CT molecular complexity index is 428. The van der Waals surface area contributed by atoms with Gasteiger partial charge in [-0.25, -0.2) is 0 Å². The summed E-state index contributed by atoms with van der Waals surface area (Å²) in [6, 6.07) is 2.05. The number of nitrogens with zero attached hydrogens (tertiary/aromatic N) is 2. The standard InChI is InChI=1S/C13H20N4/c1-10(12-5-7-14-17-12)4-6-13(2,3)11-8-15-16-9-11/h5,7-10H,4,6H2,1-3H3,(H,14,17)(H,15,16). The average molecular weight is 232 g/mol. The number of aromatic amines is 2. The zero-order valence-corrected chi connectivity index (χ0v) is 10.7. The van der Waals surface area contributed by atoms with Crippen molar-refractivity contribution in [2.75, 3.05) is 0 Å². The van der Waals surface area contributed by atoms with Crippen molar-refractivity contribution in [2.45, 2.75) is 44.9 Å². The van der Waals surface area contributed by atoms with Gasteiger partial charge in [-0.15, -0.1) is 0 Å². The Balaban J connectivity index is 1.94. The van der Waals surface area contributed by atoms with Crippen LogP contribution in [0, 0.1) is 0 Å². The van der Waals surface area contributed by atoms with Crippen LogP contribution in [0.25, 0.3) is 0 Å². The van der Waals surface area contributed by atoms with Gasteiger partial charge >= 0.3 is 0 Å². The molecule has 17 heavy (non-hydrogen) atoms. The lowest BCUT2D eigenvalue weighted by Gasteiger charge is -2.24. The summed E-state index contributed by atoms with van der Waals surface area (Å²) < 4.78 is 0. The molecule has 0 aliphatic heterocycles. The normalized spacial score (nSPS) is 13.8. The predicted octanol–water partition coefficient (Wildman–Crippen LogP) is 2.99. The van der Waals surface area contributed by atoms with Crippen LogP contribution in [0.2, 0.25) is 0 Å². The van der Waals surface area contributed by atoms with Crippen molar-refractivity contribution < 1.29 is 0 Å². The monoisotopic (exact) mass is 232 g/mol. The molecule has 2 aromatic heterocycles. The Morgan fingerprint density at radius 1 is 1.35 bits per heavy atom. The second kappa shape index (κ2) is 4.73. The summed E-state index contributed by atoms with van der Waals surface area (Å²) in [6.45, 7) is 6.74. The first-order valence-electron chi connectivity index (χ1n) is 6.08. The number of hydrogen-bond donors (Lipinski definition) is 2. The molecule has 2 N–H and O–H groups in total. The summed E-state index contributed by atoms with van der Waals surface area (Å²) >= 11 is 0. The number of nitrogens with one attached hydrogen (secondary N) is 2. The van der Waals surface area contributed by atoms with Gasteiger partial charge in [0.05, 0.1) is 11.9 Å². The van der Waals surface area contributed by atoms with Crippen molar-refractivity contribution in [3.63, 3.8) is 0 Å². The first-order chi connectivity index (χ1) is 8.09. The second-order valence-electron chi connectivity index (χ2n) is 5.31. The van der Waals surface area contributed by atoms with Gasteiger partial charge in [0.25, 0.3) is 0 Å². The lowest BCUT2D eigenvalue weighted by molar-refractivity contribution is 0.437. The van der Waals surface area contributed by atoms with Crippen molar-refractivity contribution >= 4 is 0 Å². The van der Waals surface area contributed by atoms with Crippen molar-refractivity contribution in [3.8, 4) is 0 Å². The van der Waals surface area contributed by atoms with Gasteiger partial charge in [-0.3, -0.25) is 10.2 Å². The minimum Gasteiger partial charge on any atom is -0.285 e. The summed E-state index contributed by atoms with van der Waals surface area (Å²) in [5.74, 6) is 0.493. The van der Waals surface area contributed by atoms with E-state index in [4.69, 9.17) is 0 Å². The topological polar surface area (TPSA) is 57.4 Å². The predicted molar refractivity (Wildman–Crippen MR) is 67.9 cm³/mol. The molecule has 0 fully saturated rings. The molecule has 0 bridgehead atoms. The van der Waals surface area contributed by atoms with Crippen LogP contribution in [-0.4, -0.2) is 20.4 Å². The largest absolute Gasteiger partial charge is 0.285 e. The van der Waals surface area contributed by atoms with E-state index in [0.717, 1.165) is 18.5 Å². The van der Waals surface area contributed by atoms with Gasteiger partial charge in [0.2, 0.25) is 0 Å². The summed E-state index contributed by atoms with van der Waals surface area (Å²) in [6.07, 6.45) is 8.04. The van der Waals surface area contributed by atoms with Crippen LogP contribution in [0.1, 0.15) is 50.8 Å². The van der Waals surface area contributed by atoms with Gasteiger partial charge in [-0.1, -0.05) is 20.8 Å². The van der Waals surface area contributed by atoms with Crippen LogP contribution in [0.3, 0.4) is 0 Å². The van der Waals surface area contributed by atoms with Gasteiger partial charge in [-0.05, 0) is 29.9 Å². The molecular weight excluding hydrogens is 212 g/mol. The first-order valence-corrected chi connectivity index (χ1v) is 6.08. The average Bonchev–Trinajstić information content (AvgIpc) is 2.97. The molecular formula is C13H20N4. The highest BCUT2D eigenvalue weighted by atomic mass is 15.1. The zero-order chi connectivity index (χ0) is 12.3. The number of aromatic nitrogens is 4. The Labute approximate surface area is 102 Å². The van der Waals surface area contributed by atoms with Gasteiger partial charge < -0.3 is 0 Å². The van der Waals surface area contributed by atoms with Crippen LogP contribution in [0.4, 0.5) is 0 Å². The van der Waals surface area contributed by atoms with Crippen molar-refractivity contribution in [1.82, 2.24) is 20.4 Å². The van der Waals surface area contributed by atoms with Crippen LogP contribution >= 0.6 is 0 Å². The van der Waals surface area contributed by atoms with Crippen LogP contribution < -0.4 is 0 Å². The lowest BCUT2D eigenvalue weighted by Crippen LogP contribution is -2.17. The first kappa shape index (κ1) is 11.9. The summed E-state index contributed by atoms with van der Waals surface area (Å²) in [4.78, 5) is 0. The molecule has 0 spiro atoms. The third kappa shape index (κ3) is 2.75. The van der Waals surface area contributed by atoms with Gasteiger partial charge in [0, 0.05) is 18.3 Å². The van der Waals surface area contributed by atoms with E-state index >= 15 is 0 Å². The third-order valence-corrected chi connectivity index (χ3v) is 3.51. The molecule has 2 aromatic rings. The van der Waals surface area contributed by atoms with E-state index in [2.05, 4.69) is 47.2 Å². The zero-order valence-electron chi connectivity index (χ0n) is 10.7. The fourth-order valence-electron chi connectivity index (χ4n) is 2.04. The van der Waals surface area contributed by atoms with Gasteiger partial charge in [0.1, 0.15) is 0 Å². The Kier molecular flexibility index (Phi) is 3.31. The van der Waals surface area contributed by atoms with E-state index in [1.807, 2.05) is 18.6 Å². The molecule has 1 unspecified atom stereocenters. The molecule has 0 aliphatic carbocycles. The molecule has 92 valence electrons.